The van der Waals surface area contributed by atoms with Gasteiger partial charge in [-0.15, -0.1) is 0 Å². The van der Waals surface area contributed by atoms with E-state index in [2.05, 4.69) is 9.97 Å². The Morgan fingerprint density at radius 2 is 1.42 bits per heavy atom. The summed E-state index contributed by atoms with van der Waals surface area (Å²) in [5.41, 5.74) is 1.04. The molecule has 0 aliphatic rings. The molecular formula is C18H12N2O4. The van der Waals surface area contributed by atoms with E-state index < -0.39 is 5.97 Å². The summed E-state index contributed by atoms with van der Waals surface area (Å²) in [6.45, 7) is 0. The SMILES string of the molecule is O=C(O)c1ccc(C(=O)c2ccc(Oc3ccncn3)cc2)cc1. The van der Waals surface area contributed by atoms with Crippen molar-refractivity contribution >= 4 is 11.8 Å². The zero-order valence-electron chi connectivity index (χ0n) is 12.4. The van der Waals surface area contributed by atoms with Gasteiger partial charge in [0.25, 0.3) is 0 Å². The summed E-state index contributed by atoms with van der Waals surface area (Å²) in [4.78, 5) is 31.0. The number of aromatic carboxylic acids is 1. The van der Waals surface area contributed by atoms with Crippen molar-refractivity contribution in [3.63, 3.8) is 0 Å². The molecule has 6 heteroatoms. The summed E-state index contributed by atoms with van der Waals surface area (Å²) in [6.07, 6.45) is 2.95. The molecule has 118 valence electrons. The summed E-state index contributed by atoms with van der Waals surface area (Å²) in [7, 11) is 0. The van der Waals surface area contributed by atoms with Gasteiger partial charge >= 0.3 is 5.97 Å². The van der Waals surface area contributed by atoms with Crippen LogP contribution >= 0.6 is 0 Å². The molecule has 1 N–H and O–H groups in total. The number of aromatic nitrogens is 2. The molecule has 0 bridgehead atoms. The van der Waals surface area contributed by atoms with E-state index in [1.54, 1.807) is 36.5 Å². The van der Waals surface area contributed by atoms with E-state index >= 15 is 0 Å². The number of nitrogens with zero attached hydrogens (tertiary/aromatic N) is 2. The Kier molecular flexibility index (Phi) is 4.29. The standard InChI is InChI=1S/C18H12N2O4/c21-17(12-1-3-14(4-2-12)18(22)23)13-5-7-15(8-6-13)24-16-9-10-19-11-20-16/h1-11H,(H,22,23). The Bertz CT molecular complexity index is 860. The molecule has 24 heavy (non-hydrogen) atoms. The first-order valence-electron chi connectivity index (χ1n) is 7.05. The molecule has 1 aromatic heterocycles. The molecule has 0 atom stereocenters. The fraction of sp³-hybridized carbons (Fsp3) is 0. The van der Waals surface area contributed by atoms with Crippen molar-refractivity contribution in [3.8, 4) is 11.6 Å². The van der Waals surface area contributed by atoms with Crippen molar-refractivity contribution in [3.05, 3.63) is 83.8 Å². The van der Waals surface area contributed by atoms with Gasteiger partial charge in [-0.2, -0.15) is 0 Å². The van der Waals surface area contributed by atoms with E-state index in [0.717, 1.165) is 0 Å². The van der Waals surface area contributed by atoms with Gasteiger partial charge in [-0.25, -0.2) is 14.8 Å². The van der Waals surface area contributed by atoms with Gasteiger partial charge in [0.05, 0.1) is 5.56 Å². The third-order valence-corrected chi connectivity index (χ3v) is 3.29. The van der Waals surface area contributed by atoms with Crippen molar-refractivity contribution in [2.45, 2.75) is 0 Å². The molecule has 0 amide bonds. The van der Waals surface area contributed by atoms with Crippen LogP contribution in [0.15, 0.2) is 67.1 Å². The van der Waals surface area contributed by atoms with E-state index in [0.29, 0.717) is 22.8 Å². The molecule has 0 unspecified atom stereocenters. The average molecular weight is 320 g/mol. The van der Waals surface area contributed by atoms with Gasteiger partial charge in [-0.3, -0.25) is 4.79 Å². The van der Waals surface area contributed by atoms with Crippen molar-refractivity contribution in [1.82, 2.24) is 9.97 Å². The summed E-state index contributed by atoms with van der Waals surface area (Å²) in [5.74, 6) is -0.263. The first-order chi connectivity index (χ1) is 11.6. The van der Waals surface area contributed by atoms with E-state index in [4.69, 9.17) is 9.84 Å². The molecule has 0 radical (unpaired) electrons. The number of carboxylic acid groups (broad SMARTS) is 1. The van der Waals surface area contributed by atoms with Crippen LogP contribution in [-0.4, -0.2) is 26.8 Å². The lowest BCUT2D eigenvalue weighted by atomic mass is 10.0. The quantitative estimate of drug-likeness (QED) is 0.726. The maximum absolute atomic E-state index is 12.4. The number of ether oxygens (including phenoxy) is 1. The lowest BCUT2D eigenvalue weighted by molar-refractivity contribution is 0.0696. The van der Waals surface area contributed by atoms with Crippen LogP contribution in [0.4, 0.5) is 0 Å². The van der Waals surface area contributed by atoms with Crippen molar-refractivity contribution in [1.29, 1.82) is 0 Å². The topological polar surface area (TPSA) is 89.4 Å². The van der Waals surface area contributed by atoms with Gasteiger partial charge in [0, 0.05) is 23.4 Å². The summed E-state index contributed by atoms with van der Waals surface area (Å²) in [6, 6.07) is 14.1. The monoisotopic (exact) mass is 320 g/mol. The normalized spacial score (nSPS) is 10.2. The molecule has 0 saturated carbocycles. The second-order valence-electron chi connectivity index (χ2n) is 4.89. The fourth-order valence-corrected chi connectivity index (χ4v) is 2.06. The van der Waals surface area contributed by atoms with Crippen LogP contribution in [0.2, 0.25) is 0 Å². The Morgan fingerprint density at radius 3 is 1.96 bits per heavy atom. The lowest BCUT2D eigenvalue weighted by Crippen LogP contribution is -2.03. The predicted octanol–water partition coefficient (Wildman–Crippen LogP) is 3.20. The maximum Gasteiger partial charge on any atom is 0.335 e. The van der Waals surface area contributed by atoms with E-state index in [-0.39, 0.29) is 11.3 Å². The van der Waals surface area contributed by atoms with E-state index in [1.165, 1.54) is 30.6 Å². The van der Waals surface area contributed by atoms with E-state index in [1.807, 2.05) is 0 Å². The zero-order chi connectivity index (χ0) is 16.9. The second-order valence-corrected chi connectivity index (χ2v) is 4.89. The molecular weight excluding hydrogens is 308 g/mol. The average Bonchev–Trinajstić information content (AvgIpc) is 2.63. The van der Waals surface area contributed by atoms with Gasteiger partial charge in [0.1, 0.15) is 12.1 Å². The number of benzene rings is 2. The van der Waals surface area contributed by atoms with Gasteiger partial charge in [-0.05, 0) is 36.4 Å². The molecule has 3 rings (SSSR count). The lowest BCUT2D eigenvalue weighted by Gasteiger charge is -2.06. The first-order valence-corrected chi connectivity index (χ1v) is 7.05. The van der Waals surface area contributed by atoms with Crippen LogP contribution in [0.1, 0.15) is 26.3 Å². The van der Waals surface area contributed by atoms with Gasteiger partial charge in [-0.1, -0.05) is 12.1 Å². The van der Waals surface area contributed by atoms with Crippen LogP contribution < -0.4 is 4.74 Å². The van der Waals surface area contributed by atoms with E-state index in [9.17, 15) is 9.59 Å². The Balaban J connectivity index is 1.75. The van der Waals surface area contributed by atoms with Crippen molar-refractivity contribution in [2.75, 3.05) is 0 Å². The molecule has 0 spiro atoms. The number of carboxylic acids is 1. The molecule has 6 nitrogen and oxygen atoms in total. The van der Waals surface area contributed by atoms with Gasteiger partial charge < -0.3 is 9.84 Å². The third-order valence-electron chi connectivity index (χ3n) is 3.29. The molecule has 0 fully saturated rings. The van der Waals surface area contributed by atoms with Crippen LogP contribution in [0.25, 0.3) is 0 Å². The number of hydrogen-bond acceptors (Lipinski definition) is 5. The zero-order valence-corrected chi connectivity index (χ0v) is 12.4. The fourth-order valence-electron chi connectivity index (χ4n) is 2.06. The largest absolute Gasteiger partial charge is 0.478 e. The molecule has 0 saturated heterocycles. The minimum atomic E-state index is -1.03. The Labute approximate surface area is 137 Å². The first kappa shape index (κ1) is 15.4. The van der Waals surface area contributed by atoms with Gasteiger partial charge in [0.2, 0.25) is 5.88 Å². The highest BCUT2D eigenvalue weighted by Gasteiger charge is 2.11. The van der Waals surface area contributed by atoms with Gasteiger partial charge in [0.15, 0.2) is 5.78 Å². The maximum atomic E-state index is 12.4. The Morgan fingerprint density at radius 1 is 0.833 bits per heavy atom. The van der Waals surface area contributed by atoms with Crippen LogP contribution in [0, 0.1) is 0 Å². The molecule has 0 aliphatic heterocycles. The van der Waals surface area contributed by atoms with Crippen molar-refractivity contribution in [2.24, 2.45) is 0 Å². The highest BCUT2D eigenvalue weighted by atomic mass is 16.5. The highest BCUT2D eigenvalue weighted by Crippen LogP contribution is 2.20. The summed E-state index contributed by atoms with van der Waals surface area (Å²) in [5, 5.41) is 8.88. The third kappa shape index (κ3) is 3.44. The Hall–Kier alpha value is -3.54. The molecule has 0 aliphatic carbocycles. The summed E-state index contributed by atoms with van der Waals surface area (Å²) < 4.78 is 5.53. The molecule has 1 heterocycles. The number of rotatable bonds is 5. The summed E-state index contributed by atoms with van der Waals surface area (Å²) >= 11 is 0. The highest BCUT2D eigenvalue weighted by molar-refractivity contribution is 6.09. The second kappa shape index (κ2) is 6.70. The van der Waals surface area contributed by atoms with Crippen LogP contribution in [0.5, 0.6) is 11.6 Å². The smallest absolute Gasteiger partial charge is 0.335 e. The van der Waals surface area contributed by atoms with Crippen LogP contribution in [0.3, 0.4) is 0 Å². The number of ketones is 1. The molecule has 3 aromatic rings. The number of hydrogen-bond donors (Lipinski definition) is 1. The van der Waals surface area contributed by atoms with Crippen LogP contribution in [-0.2, 0) is 0 Å². The minimum absolute atomic E-state index is 0.139. The predicted molar refractivity (Wildman–Crippen MR) is 85.4 cm³/mol. The number of carbonyl (C=O) groups is 2. The molecule has 2 aromatic carbocycles. The minimum Gasteiger partial charge on any atom is -0.478 e. The number of carbonyl (C=O) groups excluding carboxylic acids is 1. The van der Waals surface area contributed by atoms with Crippen molar-refractivity contribution < 1.29 is 19.4 Å².